The number of likely N-dealkylation sites (tertiary alicyclic amines) is 1. The summed E-state index contributed by atoms with van der Waals surface area (Å²) in [5.74, 6) is -10.7. The third-order valence-electron chi connectivity index (χ3n) is 9.33. The number of methoxy groups -OCH3 is 3. The summed E-state index contributed by atoms with van der Waals surface area (Å²) in [5.41, 5.74) is -0.724. The fraction of sp³-hybridized carbons (Fsp3) is 0.452. The number of imide groups is 1. The molecule has 12 nitrogen and oxygen atoms in total. The molecule has 0 radical (unpaired) electrons. The van der Waals surface area contributed by atoms with Crippen LogP contribution >= 0.6 is 0 Å². The lowest BCUT2D eigenvalue weighted by atomic mass is 9.62. The number of nitrogens with one attached hydrogen (secondary N) is 1. The molecule has 1 aromatic rings. The first-order valence-corrected chi connectivity index (χ1v) is 13.9. The monoisotopic (exact) mass is 592 g/mol. The van der Waals surface area contributed by atoms with Crippen molar-refractivity contribution in [2.45, 2.75) is 25.8 Å². The van der Waals surface area contributed by atoms with E-state index in [-0.39, 0.29) is 23.1 Å². The Kier molecular flexibility index (Phi) is 7.57. The standard InChI is InChI=1S/C31H32N2O10/c1-14-20-22-17(23-21(14)27(37)33(28(23)38)13-19(34)41-3)11-16(29(39)42-4)12-18(30(40)43-5)24(22)31(2,25(20)35)32-26(36)15-9-7-6-8-10-15/h6-10,12,14,17-18,21,23-24H,11,13H2,1-5H3,(H,32,36)/t14-,17+,18+,21-,23+,24?,31+/m0/s1. The summed E-state index contributed by atoms with van der Waals surface area (Å²) in [6, 6.07) is 8.23. The van der Waals surface area contributed by atoms with Crippen LogP contribution in [0.3, 0.4) is 0 Å². The van der Waals surface area contributed by atoms with Gasteiger partial charge < -0.3 is 19.5 Å². The fourth-order valence-corrected chi connectivity index (χ4v) is 7.44. The van der Waals surface area contributed by atoms with Crippen molar-refractivity contribution in [2.24, 2.45) is 35.5 Å². The molecular formula is C31H32N2O10. The molecule has 0 spiro atoms. The van der Waals surface area contributed by atoms with Gasteiger partial charge in [-0.15, -0.1) is 0 Å². The largest absolute Gasteiger partial charge is 0.469 e. The molecule has 43 heavy (non-hydrogen) atoms. The van der Waals surface area contributed by atoms with Crippen LogP contribution in [0.15, 0.2) is 53.1 Å². The van der Waals surface area contributed by atoms with Gasteiger partial charge in [0.15, 0.2) is 5.78 Å². The van der Waals surface area contributed by atoms with Crippen molar-refractivity contribution in [3.63, 3.8) is 0 Å². The van der Waals surface area contributed by atoms with Gasteiger partial charge in [-0.25, -0.2) is 4.79 Å². The van der Waals surface area contributed by atoms with Crippen molar-refractivity contribution >= 4 is 41.4 Å². The highest BCUT2D eigenvalue weighted by atomic mass is 16.5. The van der Waals surface area contributed by atoms with Crippen LogP contribution in [0.25, 0.3) is 0 Å². The number of benzene rings is 1. The molecule has 1 fully saturated rings. The predicted octanol–water partition coefficient (Wildman–Crippen LogP) is 1.00. The van der Waals surface area contributed by atoms with E-state index >= 15 is 0 Å². The Morgan fingerprint density at radius 1 is 0.953 bits per heavy atom. The fourth-order valence-electron chi connectivity index (χ4n) is 7.44. The molecule has 0 bridgehead atoms. The summed E-state index contributed by atoms with van der Waals surface area (Å²) < 4.78 is 14.8. The number of carbonyl (C=O) groups excluding carboxylic acids is 7. The summed E-state index contributed by atoms with van der Waals surface area (Å²) in [6.45, 7) is 2.56. The zero-order chi connectivity index (χ0) is 31.4. The molecule has 12 heteroatoms. The minimum Gasteiger partial charge on any atom is -0.469 e. The number of nitrogens with zero attached hydrogens (tertiary/aromatic N) is 1. The minimum atomic E-state index is -1.71. The van der Waals surface area contributed by atoms with Crippen molar-refractivity contribution in [3.8, 4) is 0 Å². The van der Waals surface area contributed by atoms with Gasteiger partial charge in [-0.2, -0.15) is 0 Å². The average molecular weight is 593 g/mol. The molecule has 1 aromatic carbocycles. The minimum absolute atomic E-state index is 0.0632. The number of ketones is 1. The number of Topliss-reactive ketones (excluding diaryl/α,β-unsaturated/α-hetero) is 1. The molecule has 1 aliphatic heterocycles. The molecule has 0 saturated carbocycles. The molecule has 3 amide bonds. The molecule has 1 unspecified atom stereocenters. The average Bonchev–Trinajstić information content (AvgIpc) is 3.28. The predicted molar refractivity (Wildman–Crippen MR) is 146 cm³/mol. The SMILES string of the molecule is COC(=O)CN1C(=O)[C@@H]2[C@H](C1=O)[C@@H]1CC(C(=O)OC)=C[C@@H](C(=O)OC)C3C1=C(C(=O)[C@]3(C)NC(=O)c1ccccc1)[C@@H]2C. The Morgan fingerprint density at radius 2 is 1.60 bits per heavy atom. The Balaban J connectivity index is 1.71. The molecule has 5 rings (SSSR count). The van der Waals surface area contributed by atoms with Gasteiger partial charge in [0.2, 0.25) is 11.8 Å². The maximum Gasteiger partial charge on any atom is 0.333 e. The second-order valence-electron chi connectivity index (χ2n) is 11.4. The second-order valence-corrected chi connectivity index (χ2v) is 11.4. The van der Waals surface area contributed by atoms with Gasteiger partial charge in [0, 0.05) is 22.6 Å². The molecule has 1 N–H and O–H groups in total. The van der Waals surface area contributed by atoms with Crippen molar-refractivity contribution in [2.75, 3.05) is 27.9 Å². The molecule has 1 saturated heterocycles. The molecular weight excluding hydrogens is 560 g/mol. The van der Waals surface area contributed by atoms with Gasteiger partial charge >= 0.3 is 17.9 Å². The number of hydrogen-bond donors (Lipinski definition) is 1. The number of carbonyl (C=O) groups is 7. The number of hydrogen-bond acceptors (Lipinski definition) is 10. The maximum atomic E-state index is 14.5. The van der Waals surface area contributed by atoms with Crippen LogP contribution in [0, 0.1) is 35.5 Å². The van der Waals surface area contributed by atoms with Crippen LogP contribution in [0.4, 0.5) is 0 Å². The Hall–Kier alpha value is -4.61. The van der Waals surface area contributed by atoms with Crippen LogP contribution in [0.1, 0.15) is 30.6 Å². The van der Waals surface area contributed by atoms with Crippen molar-refractivity contribution in [3.05, 3.63) is 58.7 Å². The van der Waals surface area contributed by atoms with Crippen LogP contribution in [-0.2, 0) is 43.0 Å². The molecule has 226 valence electrons. The number of fused-ring (bicyclic) bond motifs is 2. The zero-order valence-corrected chi connectivity index (χ0v) is 24.4. The Labute approximate surface area is 247 Å². The lowest BCUT2D eigenvalue weighted by Gasteiger charge is -2.39. The number of esters is 3. The first kappa shape index (κ1) is 29.9. The van der Waals surface area contributed by atoms with E-state index in [1.54, 1.807) is 37.3 Å². The summed E-state index contributed by atoms with van der Waals surface area (Å²) in [6.07, 6.45) is 1.26. The van der Waals surface area contributed by atoms with Crippen LogP contribution < -0.4 is 5.32 Å². The highest BCUT2D eigenvalue weighted by molar-refractivity contribution is 6.14. The zero-order valence-electron chi connectivity index (χ0n) is 24.4. The van der Waals surface area contributed by atoms with Gasteiger partial charge in [0.1, 0.15) is 12.1 Å². The van der Waals surface area contributed by atoms with E-state index in [0.29, 0.717) is 5.57 Å². The van der Waals surface area contributed by atoms with Gasteiger partial charge in [0.25, 0.3) is 5.91 Å². The van der Waals surface area contributed by atoms with E-state index < -0.39 is 89.0 Å². The van der Waals surface area contributed by atoms with Gasteiger partial charge in [0.05, 0.1) is 39.1 Å². The van der Waals surface area contributed by atoms with E-state index in [4.69, 9.17) is 9.47 Å². The first-order chi connectivity index (χ1) is 20.4. The number of rotatable bonds is 6. The number of ether oxygens (including phenoxy) is 3. The highest BCUT2D eigenvalue weighted by Crippen LogP contribution is 2.60. The van der Waals surface area contributed by atoms with Crippen molar-refractivity contribution in [1.82, 2.24) is 10.2 Å². The number of amides is 3. The maximum absolute atomic E-state index is 14.5. The van der Waals surface area contributed by atoms with Crippen LogP contribution in [0.5, 0.6) is 0 Å². The van der Waals surface area contributed by atoms with Crippen LogP contribution in [-0.4, -0.2) is 79.7 Å². The third kappa shape index (κ3) is 4.47. The quantitative estimate of drug-likeness (QED) is 0.287. The summed E-state index contributed by atoms with van der Waals surface area (Å²) in [5, 5.41) is 2.85. The second kappa shape index (κ2) is 10.9. The van der Waals surface area contributed by atoms with E-state index in [2.05, 4.69) is 10.1 Å². The van der Waals surface area contributed by atoms with Crippen molar-refractivity contribution in [1.29, 1.82) is 0 Å². The molecule has 7 atom stereocenters. The highest BCUT2D eigenvalue weighted by Gasteiger charge is 2.67. The third-order valence-corrected chi connectivity index (χ3v) is 9.33. The van der Waals surface area contributed by atoms with Crippen molar-refractivity contribution < 1.29 is 47.8 Å². The Bertz CT molecular complexity index is 1510. The van der Waals surface area contributed by atoms with Crippen LogP contribution in [0.2, 0.25) is 0 Å². The molecule has 1 heterocycles. The van der Waals surface area contributed by atoms with E-state index in [1.807, 2.05) is 0 Å². The first-order valence-electron chi connectivity index (χ1n) is 13.9. The van der Waals surface area contributed by atoms with Gasteiger partial charge in [-0.05, 0) is 37.3 Å². The summed E-state index contributed by atoms with van der Waals surface area (Å²) in [7, 11) is 3.49. The smallest absolute Gasteiger partial charge is 0.333 e. The lowest BCUT2D eigenvalue weighted by molar-refractivity contribution is -0.151. The molecule has 0 aromatic heterocycles. The van der Waals surface area contributed by atoms with E-state index in [9.17, 15) is 33.6 Å². The topological polar surface area (TPSA) is 162 Å². The summed E-state index contributed by atoms with van der Waals surface area (Å²) >= 11 is 0. The molecule has 4 aliphatic rings. The lowest BCUT2D eigenvalue weighted by Crippen LogP contribution is -2.57. The summed E-state index contributed by atoms with van der Waals surface area (Å²) in [4.78, 5) is 94.8. The van der Waals surface area contributed by atoms with E-state index in [0.717, 1.165) is 12.0 Å². The normalized spacial score (nSPS) is 31.0. The van der Waals surface area contributed by atoms with E-state index in [1.165, 1.54) is 27.2 Å². The Morgan fingerprint density at radius 3 is 2.21 bits per heavy atom. The van der Waals surface area contributed by atoms with Gasteiger partial charge in [-0.3, -0.25) is 33.7 Å². The van der Waals surface area contributed by atoms with Gasteiger partial charge in [-0.1, -0.05) is 36.8 Å². The molecule has 3 aliphatic carbocycles.